The monoisotopic (exact) mass is 401 g/mol. The van der Waals surface area contributed by atoms with Gasteiger partial charge in [-0.2, -0.15) is 0 Å². The Morgan fingerprint density at radius 2 is 1.76 bits per heavy atom. The van der Waals surface area contributed by atoms with Crippen molar-refractivity contribution in [2.45, 2.75) is 13.3 Å². The van der Waals surface area contributed by atoms with Gasteiger partial charge >= 0.3 is 0 Å². The average molecular weight is 402 g/mol. The number of allylic oxidation sites excluding steroid dienone is 1. The van der Waals surface area contributed by atoms with E-state index in [2.05, 4.69) is 5.32 Å². The molecule has 6 heteroatoms. The van der Waals surface area contributed by atoms with Crippen molar-refractivity contribution in [1.29, 1.82) is 0 Å². The minimum absolute atomic E-state index is 0.170. The van der Waals surface area contributed by atoms with Crippen molar-refractivity contribution < 1.29 is 24.1 Å². The van der Waals surface area contributed by atoms with Crippen LogP contribution in [0.2, 0.25) is 0 Å². The second-order valence-electron chi connectivity index (χ2n) is 6.49. The minimum atomic E-state index is 0.170. The van der Waals surface area contributed by atoms with Crippen LogP contribution in [-0.4, -0.2) is 52.7 Å². The quantitative estimate of drug-likeness (QED) is 0.771. The summed E-state index contributed by atoms with van der Waals surface area (Å²) in [7, 11) is 4.79. The first-order chi connectivity index (χ1) is 14.1. The lowest BCUT2D eigenvalue weighted by Crippen LogP contribution is -2.30. The van der Waals surface area contributed by atoms with Crippen LogP contribution < -0.4 is 19.5 Å². The summed E-state index contributed by atoms with van der Waals surface area (Å²) in [6.45, 7) is 5.65. The maximum atomic E-state index is 10.4. The zero-order valence-electron chi connectivity index (χ0n) is 17.7. The smallest absolute Gasteiger partial charge is 0.133 e. The summed E-state index contributed by atoms with van der Waals surface area (Å²) in [4.78, 5) is 0. The summed E-state index contributed by atoms with van der Waals surface area (Å²) in [6.07, 6.45) is 4.57. The Bertz CT molecular complexity index is 789. The van der Waals surface area contributed by atoms with Crippen molar-refractivity contribution in [2.24, 2.45) is 0 Å². The largest absolute Gasteiger partial charge is 0.507 e. The lowest BCUT2D eigenvalue weighted by molar-refractivity contribution is 0.109. The highest BCUT2D eigenvalue weighted by Crippen LogP contribution is 2.38. The first-order valence-electron chi connectivity index (χ1n) is 9.63. The molecule has 0 aliphatic carbocycles. The molecule has 2 aromatic rings. The zero-order chi connectivity index (χ0) is 21.1. The molecule has 1 saturated heterocycles. The highest BCUT2D eigenvalue weighted by molar-refractivity contribution is 5.69. The highest BCUT2D eigenvalue weighted by atomic mass is 16.5. The number of nitrogens with one attached hydrogen (secondary N) is 1. The number of hydrogen-bond acceptors (Lipinski definition) is 6. The van der Waals surface area contributed by atoms with Crippen molar-refractivity contribution >= 4 is 6.08 Å². The number of morpholine rings is 1. The second-order valence-corrected chi connectivity index (χ2v) is 6.49. The minimum Gasteiger partial charge on any atom is -0.507 e. The maximum Gasteiger partial charge on any atom is 0.133 e. The maximum absolute atomic E-state index is 10.4. The predicted octanol–water partition coefficient (Wildman–Crippen LogP) is 3.59. The van der Waals surface area contributed by atoms with Crippen LogP contribution in [0.1, 0.15) is 16.7 Å². The Labute approximate surface area is 173 Å². The number of phenols is 1. The van der Waals surface area contributed by atoms with E-state index >= 15 is 0 Å². The van der Waals surface area contributed by atoms with E-state index in [1.807, 2.05) is 43.3 Å². The molecule has 0 unspecified atom stereocenters. The van der Waals surface area contributed by atoms with Gasteiger partial charge in [0.15, 0.2) is 0 Å². The molecule has 1 heterocycles. The average Bonchev–Trinajstić information content (AvgIpc) is 2.78. The fourth-order valence-corrected chi connectivity index (χ4v) is 2.91. The molecule has 29 heavy (non-hydrogen) atoms. The molecule has 2 aromatic carbocycles. The second kappa shape index (κ2) is 12.0. The summed E-state index contributed by atoms with van der Waals surface area (Å²) < 4.78 is 20.8. The molecule has 6 nitrogen and oxygen atoms in total. The summed E-state index contributed by atoms with van der Waals surface area (Å²) in [5.41, 5.74) is 2.47. The molecule has 0 radical (unpaired) electrons. The summed E-state index contributed by atoms with van der Waals surface area (Å²) in [5.74, 6) is 2.18. The number of phenolic OH excluding ortho intramolecular Hbond substituents is 1. The van der Waals surface area contributed by atoms with Gasteiger partial charge in [0.05, 0.1) is 40.1 Å². The Kier molecular flexibility index (Phi) is 9.34. The molecule has 0 atom stereocenters. The first kappa shape index (κ1) is 22.6. The third-order valence-electron chi connectivity index (χ3n) is 4.57. The third-order valence-corrected chi connectivity index (χ3v) is 4.57. The van der Waals surface area contributed by atoms with Crippen LogP contribution in [0.25, 0.3) is 6.08 Å². The van der Waals surface area contributed by atoms with Crippen LogP contribution in [0, 0.1) is 6.92 Å². The summed E-state index contributed by atoms with van der Waals surface area (Å²) in [5, 5.41) is 13.5. The van der Waals surface area contributed by atoms with Gasteiger partial charge in [0.2, 0.25) is 0 Å². The van der Waals surface area contributed by atoms with Crippen LogP contribution in [0.5, 0.6) is 23.0 Å². The number of ether oxygens (including phenoxy) is 4. The normalized spacial score (nSPS) is 13.5. The Hall–Kier alpha value is -2.70. The van der Waals surface area contributed by atoms with E-state index < -0.39 is 0 Å². The van der Waals surface area contributed by atoms with Crippen molar-refractivity contribution in [3.8, 4) is 23.0 Å². The molecule has 1 aliphatic rings. The molecule has 0 amide bonds. The van der Waals surface area contributed by atoms with E-state index in [0.717, 1.165) is 44.0 Å². The van der Waals surface area contributed by atoms with Gasteiger partial charge in [-0.1, -0.05) is 24.3 Å². The molecule has 0 aromatic heterocycles. The van der Waals surface area contributed by atoms with Gasteiger partial charge < -0.3 is 29.4 Å². The van der Waals surface area contributed by atoms with Crippen LogP contribution >= 0.6 is 0 Å². The van der Waals surface area contributed by atoms with E-state index in [0.29, 0.717) is 22.6 Å². The van der Waals surface area contributed by atoms with Crippen LogP contribution in [-0.2, 0) is 11.2 Å². The number of hydrogen-bond donors (Lipinski definition) is 2. The van der Waals surface area contributed by atoms with E-state index in [1.165, 1.54) is 0 Å². The molecule has 2 N–H and O–H groups in total. The Morgan fingerprint density at radius 3 is 2.31 bits per heavy atom. The van der Waals surface area contributed by atoms with Gasteiger partial charge in [-0.05, 0) is 31.0 Å². The summed E-state index contributed by atoms with van der Waals surface area (Å²) >= 11 is 0. The van der Waals surface area contributed by atoms with E-state index in [4.69, 9.17) is 18.9 Å². The number of rotatable bonds is 6. The molecule has 0 saturated carbocycles. The Morgan fingerprint density at radius 1 is 1.03 bits per heavy atom. The molecule has 3 rings (SSSR count). The third kappa shape index (κ3) is 6.69. The lowest BCUT2D eigenvalue weighted by atomic mass is 10.0. The van der Waals surface area contributed by atoms with Gasteiger partial charge in [0.1, 0.15) is 23.0 Å². The van der Waals surface area contributed by atoms with Gasteiger partial charge in [0, 0.05) is 24.7 Å². The Balaban J connectivity index is 0.000000426. The van der Waals surface area contributed by atoms with E-state index in [9.17, 15) is 5.11 Å². The first-order valence-corrected chi connectivity index (χ1v) is 9.63. The number of benzene rings is 2. The van der Waals surface area contributed by atoms with Gasteiger partial charge in [-0.15, -0.1) is 0 Å². The van der Waals surface area contributed by atoms with E-state index in [1.54, 1.807) is 27.4 Å². The van der Waals surface area contributed by atoms with Gasteiger partial charge in [-0.25, -0.2) is 0 Å². The zero-order valence-corrected chi connectivity index (χ0v) is 17.7. The lowest BCUT2D eigenvalue weighted by Gasteiger charge is -2.13. The van der Waals surface area contributed by atoms with Crippen LogP contribution in [0.4, 0.5) is 0 Å². The molecule has 1 fully saturated rings. The SMILES string of the molecule is C1COCCN1.COc1cccc(C/C=C/c2c(OC)cc(OC)c(C)c2O)c1. The predicted molar refractivity (Wildman–Crippen MR) is 115 cm³/mol. The van der Waals surface area contributed by atoms with Crippen LogP contribution in [0.15, 0.2) is 36.4 Å². The van der Waals surface area contributed by atoms with E-state index in [-0.39, 0.29) is 5.75 Å². The molecule has 0 spiro atoms. The molecule has 158 valence electrons. The van der Waals surface area contributed by atoms with Gasteiger partial charge in [-0.3, -0.25) is 0 Å². The van der Waals surface area contributed by atoms with Gasteiger partial charge in [0.25, 0.3) is 0 Å². The summed E-state index contributed by atoms with van der Waals surface area (Å²) in [6, 6.07) is 9.66. The highest BCUT2D eigenvalue weighted by Gasteiger charge is 2.14. The van der Waals surface area contributed by atoms with Crippen molar-refractivity contribution in [3.63, 3.8) is 0 Å². The standard InChI is InChI=1S/C19H22O4.C4H9NO/c1-13-17(22-3)12-18(23-4)16(19(13)20)10-6-8-14-7-5-9-15(11-14)21-2;1-3-6-4-2-5-1/h5-7,9-12,20H,8H2,1-4H3;5H,1-4H2/b10-6+;. The van der Waals surface area contributed by atoms with Crippen molar-refractivity contribution in [1.82, 2.24) is 5.32 Å². The fourth-order valence-electron chi connectivity index (χ4n) is 2.91. The number of aromatic hydroxyl groups is 1. The topological polar surface area (TPSA) is 69.2 Å². The molecule has 1 aliphatic heterocycles. The molecular formula is C23H31NO5. The van der Waals surface area contributed by atoms with Crippen molar-refractivity contribution in [3.05, 3.63) is 53.1 Å². The molecule has 0 bridgehead atoms. The fraction of sp³-hybridized carbons (Fsp3) is 0.391. The number of methoxy groups -OCH3 is 3. The molecular weight excluding hydrogens is 370 g/mol. The van der Waals surface area contributed by atoms with Crippen LogP contribution in [0.3, 0.4) is 0 Å². The van der Waals surface area contributed by atoms with Crippen molar-refractivity contribution in [2.75, 3.05) is 47.6 Å².